The second-order valence-electron chi connectivity index (χ2n) is 5.86. The van der Waals surface area contributed by atoms with Crippen molar-refractivity contribution in [1.29, 1.82) is 5.26 Å². The highest BCUT2D eigenvalue weighted by molar-refractivity contribution is 5.22. The summed E-state index contributed by atoms with van der Waals surface area (Å²) in [6, 6.07) is 11.1. The third-order valence-corrected chi connectivity index (χ3v) is 4.31. The minimum Gasteiger partial charge on any atom is -0.351 e. The van der Waals surface area contributed by atoms with Crippen LogP contribution in [0.5, 0.6) is 0 Å². The van der Waals surface area contributed by atoms with Crippen LogP contribution in [-0.4, -0.2) is 55.5 Å². The lowest BCUT2D eigenvalue weighted by Crippen LogP contribution is -2.46. The van der Waals surface area contributed by atoms with Crippen LogP contribution >= 0.6 is 0 Å². The van der Waals surface area contributed by atoms with Crippen LogP contribution in [0.4, 0.5) is 0 Å². The van der Waals surface area contributed by atoms with Crippen LogP contribution in [0, 0.1) is 11.5 Å². The largest absolute Gasteiger partial charge is 0.351 e. The lowest BCUT2D eigenvalue weighted by atomic mass is 9.92. The van der Waals surface area contributed by atoms with Gasteiger partial charge in [0.1, 0.15) is 6.73 Å². The number of ether oxygens (including phenoxy) is 1. The molecule has 0 radical (unpaired) electrons. The van der Waals surface area contributed by atoms with Gasteiger partial charge in [-0.2, -0.15) is 5.26 Å². The van der Waals surface area contributed by atoms with Crippen molar-refractivity contribution in [3.63, 3.8) is 0 Å². The van der Waals surface area contributed by atoms with E-state index < -0.39 is 0 Å². The zero-order valence-electron chi connectivity index (χ0n) is 12.2. The molecule has 21 heavy (non-hydrogen) atoms. The van der Waals surface area contributed by atoms with Gasteiger partial charge in [-0.05, 0) is 12.0 Å². The first kappa shape index (κ1) is 14.3. The molecule has 2 aliphatic heterocycles. The SMILES string of the molecule is N#CN1CC[C@@H](NCOCN2CC(c3ccccc3)C2)C1. The van der Waals surface area contributed by atoms with Crippen molar-refractivity contribution >= 4 is 0 Å². The fourth-order valence-corrected chi connectivity index (χ4v) is 2.98. The van der Waals surface area contributed by atoms with E-state index in [0.717, 1.165) is 32.6 Å². The first-order valence-corrected chi connectivity index (χ1v) is 7.58. The number of hydrogen-bond donors (Lipinski definition) is 1. The highest BCUT2D eigenvalue weighted by atomic mass is 16.5. The van der Waals surface area contributed by atoms with E-state index in [-0.39, 0.29) is 0 Å². The second-order valence-corrected chi connectivity index (χ2v) is 5.86. The van der Waals surface area contributed by atoms with E-state index in [1.165, 1.54) is 5.56 Å². The topological polar surface area (TPSA) is 51.5 Å². The van der Waals surface area contributed by atoms with Crippen molar-refractivity contribution in [2.24, 2.45) is 0 Å². The monoisotopic (exact) mass is 286 g/mol. The average molecular weight is 286 g/mol. The summed E-state index contributed by atoms with van der Waals surface area (Å²) in [6.07, 6.45) is 3.21. The molecule has 0 spiro atoms. The third-order valence-electron chi connectivity index (χ3n) is 4.31. The molecule has 2 aliphatic rings. The van der Waals surface area contributed by atoms with Crippen LogP contribution < -0.4 is 5.32 Å². The van der Waals surface area contributed by atoms with Gasteiger partial charge in [-0.15, -0.1) is 0 Å². The molecule has 0 bridgehead atoms. The van der Waals surface area contributed by atoms with E-state index in [0.29, 0.717) is 25.4 Å². The van der Waals surface area contributed by atoms with Crippen LogP contribution in [0.3, 0.4) is 0 Å². The molecule has 0 unspecified atom stereocenters. The highest BCUT2D eigenvalue weighted by Gasteiger charge is 2.27. The Hall–Kier alpha value is -1.61. The second kappa shape index (κ2) is 6.90. The molecule has 1 aromatic rings. The first-order chi connectivity index (χ1) is 10.3. The Bertz CT molecular complexity index is 481. The number of benzene rings is 1. The molecule has 3 rings (SSSR count). The molecular weight excluding hydrogens is 264 g/mol. The van der Waals surface area contributed by atoms with Crippen molar-refractivity contribution in [2.75, 3.05) is 39.6 Å². The van der Waals surface area contributed by atoms with Gasteiger partial charge in [0.2, 0.25) is 0 Å². The minimum absolute atomic E-state index is 0.387. The zero-order chi connectivity index (χ0) is 14.5. The van der Waals surface area contributed by atoms with Gasteiger partial charge in [0.25, 0.3) is 0 Å². The van der Waals surface area contributed by atoms with E-state index in [1.807, 2.05) is 0 Å². The summed E-state index contributed by atoms with van der Waals surface area (Å²) in [5, 5.41) is 12.1. The molecular formula is C16H22N4O. The van der Waals surface area contributed by atoms with Gasteiger partial charge in [-0.1, -0.05) is 30.3 Å². The summed E-state index contributed by atoms with van der Waals surface area (Å²) in [5.41, 5.74) is 1.43. The molecule has 2 saturated heterocycles. The zero-order valence-corrected chi connectivity index (χ0v) is 12.2. The summed E-state index contributed by atoms with van der Waals surface area (Å²) in [6.45, 7) is 5.07. The van der Waals surface area contributed by atoms with Crippen LogP contribution in [0.2, 0.25) is 0 Å². The lowest BCUT2D eigenvalue weighted by molar-refractivity contribution is -0.0222. The Morgan fingerprint density at radius 2 is 2.05 bits per heavy atom. The summed E-state index contributed by atoms with van der Waals surface area (Å²) < 4.78 is 5.67. The molecule has 5 heteroatoms. The molecule has 0 aliphatic carbocycles. The van der Waals surface area contributed by atoms with Gasteiger partial charge in [0, 0.05) is 38.1 Å². The predicted octanol–water partition coefficient (Wildman–Crippen LogP) is 1.16. The number of likely N-dealkylation sites (tertiary alicyclic amines) is 2. The molecule has 0 amide bonds. The molecule has 5 nitrogen and oxygen atoms in total. The summed E-state index contributed by atoms with van der Waals surface area (Å²) in [4.78, 5) is 4.10. The van der Waals surface area contributed by atoms with Crippen molar-refractivity contribution in [3.8, 4) is 6.19 Å². The molecule has 1 N–H and O–H groups in total. The lowest BCUT2D eigenvalue weighted by Gasteiger charge is -2.39. The molecule has 2 fully saturated rings. The van der Waals surface area contributed by atoms with E-state index >= 15 is 0 Å². The molecule has 1 aromatic carbocycles. The van der Waals surface area contributed by atoms with Gasteiger partial charge >= 0.3 is 0 Å². The van der Waals surface area contributed by atoms with Crippen molar-refractivity contribution < 1.29 is 4.74 Å². The fraction of sp³-hybridized carbons (Fsp3) is 0.562. The van der Waals surface area contributed by atoms with Gasteiger partial charge in [-0.3, -0.25) is 10.2 Å². The van der Waals surface area contributed by atoms with Crippen molar-refractivity contribution in [2.45, 2.75) is 18.4 Å². The summed E-state index contributed by atoms with van der Waals surface area (Å²) in [7, 11) is 0. The number of nitrogens with one attached hydrogen (secondary N) is 1. The number of nitriles is 1. The number of hydrogen-bond acceptors (Lipinski definition) is 5. The predicted molar refractivity (Wildman–Crippen MR) is 80.3 cm³/mol. The Morgan fingerprint density at radius 1 is 1.24 bits per heavy atom. The van der Waals surface area contributed by atoms with E-state index in [9.17, 15) is 0 Å². The van der Waals surface area contributed by atoms with Crippen LogP contribution in [0.25, 0.3) is 0 Å². The van der Waals surface area contributed by atoms with Gasteiger partial charge in [0.15, 0.2) is 6.19 Å². The van der Waals surface area contributed by atoms with Crippen LogP contribution in [0.1, 0.15) is 17.9 Å². The summed E-state index contributed by atoms with van der Waals surface area (Å²) in [5.74, 6) is 0.654. The van der Waals surface area contributed by atoms with E-state index in [1.54, 1.807) is 4.90 Å². The Kier molecular flexibility index (Phi) is 4.71. The van der Waals surface area contributed by atoms with Crippen LogP contribution in [0.15, 0.2) is 30.3 Å². The third kappa shape index (κ3) is 3.73. The average Bonchev–Trinajstić information content (AvgIpc) is 2.94. The maximum absolute atomic E-state index is 8.80. The molecule has 112 valence electrons. The van der Waals surface area contributed by atoms with E-state index in [2.05, 4.69) is 46.7 Å². The Balaban J connectivity index is 1.26. The standard InChI is InChI=1S/C16H22N4O/c17-11-19-7-6-16(10-19)18-12-21-13-20-8-15(9-20)14-4-2-1-3-5-14/h1-5,15-16,18H,6-10,12-13H2/t16-/m1/s1. The van der Waals surface area contributed by atoms with Crippen molar-refractivity contribution in [1.82, 2.24) is 15.1 Å². The molecule has 0 aromatic heterocycles. The normalized spacial score (nSPS) is 23.0. The molecule has 0 saturated carbocycles. The van der Waals surface area contributed by atoms with Gasteiger partial charge in [0.05, 0.1) is 6.73 Å². The van der Waals surface area contributed by atoms with Crippen molar-refractivity contribution in [3.05, 3.63) is 35.9 Å². The van der Waals surface area contributed by atoms with Gasteiger partial charge < -0.3 is 9.64 Å². The minimum atomic E-state index is 0.387. The summed E-state index contributed by atoms with van der Waals surface area (Å²) >= 11 is 0. The number of rotatable bonds is 6. The highest BCUT2D eigenvalue weighted by Crippen LogP contribution is 2.26. The Morgan fingerprint density at radius 3 is 2.76 bits per heavy atom. The van der Waals surface area contributed by atoms with Gasteiger partial charge in [-0.25, -0.2) is 0 Å². The molecule has 1 atom stereocenters. The molecule has 2 heterocycles. The number of nitrogens with zero attached hydrogens (tertiary/aromatic N) is 3. The maximum atomic E-state index is 8.80. The fourth-order valence-electron chi connectivity index (χ4n) is 2.98. The maximum Gasteiger partial charge on any atom is 0.179 e. The first-order valence-electron chi connectivity index (χ1n) is 7.58. The smallest absolute Gasteiger partial charge is 0.179 e. The Labute approximate surface area is 126 Å². The van der Waals surface area contributed by atoms with E-state index in [4.69, 9.17) is 10.00 Å². The quantitative estimate of drug-likeness (QED) is 0.483. The van der Waals surface area contributed by atoms with Crippen LogP contribution in [-0.2, 0) is 4.74 Å².